The van der Waals surface area contributed by atoms with Crippen molar-refractivity contribution >= 4 is 17.7 Å². The molecule has 19 heavy (non-hydrogen) atoms. The Kier molecular flexibility index (Phi) is 2.89. The minimum atomic E-state index is -0.477. The fourth-order valence-corrected chi connectivity index (χ4v) is 1.42. The molecule has 3 heterocycles. The number of carbonyl (C=O) groups is 1. The predicted octanol–water partition coefficient (Wildman–Crippen LogP) is 1.26. The number of hydrogen-bond donors (Lipinski definition) is 1. The third-order valence-electron chi connectivity index (χ3n) is 2.25. The van der Waals surface area contributed by atoms with E-state index in [2.05, 4.69) is 15.5 Å². The van der Waals surface area contributed by atoms with Gasteiger partial charge in [0.05, 0.1) is 6.26 Å². The van der Waals surface area contributed by atoms with Crippen LogP contribution in [0, 0.1) is 0 Å². The van der Waals surface area contributed by atoms with Crippen molar-refractivity contribution in [3.05, 3.63) is 36.3 Å². The van der Waals surface area contributed by atoms with Crippen molar-refractivity contribution in [2.75, 3.05) is 18.5 Å². The lowest BCUT2D eigenvalue weighted by Crippen LogP contribution is -2.11. The first-order valence-corrected chi connectivity index (χ1v) is 5.46. The van der Waals surface area contributed by atoms with Gasteiger partial charge in [0.2, 0.25) is 5.76 Å². The van der Waals surface area contributed by atoms with Crippen LogP contribution in [-0.2, 0) is 9.47 Å². The number of aromatic nitrogens is 2. The molecule has 3 rings (SSSR count). The molecule has 0 unspecified atom stereocenters. The van der Waals surface area contributed by atoms with Gasteiger partial charge in [0.25, 0.3) is 11.8 Å². The van der Waals surface area contributed by atoms with Crippen molar-refractivity contribution < 1.29 is 23.1 Å². The molecule has 1 aliphatic rings. The van der Waals surface area contributed by atoms with Gasteiger partial charge in [-0.25, -0.2) is 0 Å². The molecule has 98 valence electrons. The Hall–Kier alpha value is -2.77. The molecule has 0 aliphatic carbocycles. The number of hydrogen-bond acceptors (Lipinski definition) is 7. The van der Waals surface area contributed by atoms with Crippen molar-refractivity contribution in [3.8, 4) is 0 Å². The molecule has 0 spiro atoms. The van der Waals surface area contributed by atoms with Crippen LogP contribution in [0.4, 0.5) is 6.01 Å². The Labute approximate surface area is 107 Å². The van der Waals surface area contributed by atoms with Crippen molar-refractivity contribution in [2.45, 2.75) is 0 Å². The summed E-state index contributed by atoms with van der Waals surface area (Å²) >= 11 is 0. The molecular formula is C11H9N3O5. The number of nitrogens with zero attached hydrogens (tertiary/aromatic N) is 2. The van der Waals surface area contributed by atoms with Gasteiger partial charge in [-0.05, 0) is 12.1 Å². The second-order valence-electron chi connectivity index (χ2n) is 3.55. The van der Waals surface area contributed by atoms with E-state index in [1.165, 1.54) is 18.6 Å². The highest BCUT2D eigenvalue weighted by Gasteiger charge is 2.18. The summed E-state index contributed by atoms with van der Waals surface area (Å²) in [6, 6.07) is 3.07. The van der Waals surface area contributed by atoms with Gasteiger partial charge in [-0.1, -0.05) is 5.10 Å². The van der Waals surface area contributed by atoms with Crippen LogP contribution in [0.25, 0.3) is 5.76 Å². The van der Waals surface area contributed by atoms with E-state index >= 15 is 0 Å². The van der Waals surface area contributed by atoms with Crippen molar-refractivity contribution in [1.29, 1.82) is 0 Å². The minimum absolute atomic E-state index is 0.0496. The molecule has 2 aromatic heterocycles. The highest BCUT2D eigenvalue weighted by Crippen LogP contribution is 2.19. The molecule has 1 amide bonds. The maximum atomic E-state index is 11.7. The second kappa shape index (κ2) is 4.84. The lowest BCUT2D eigenvalue weighted by Gasteiger charge is -2.11. The highest BCUT2D eigenvalue weighted by molar-refractivity contribution is 6.00. The Balaban J connectivity index is 1.71. The summed E-state index contributed by atoms with van der Waals surface area (Å²) in [6.07, 6.45) is 2.78. The number of rotatable bonds is 3. The molecule has 0 atom stereocenters. The number of anilines is 1. The zero-order valence-electron chi connectivity index (χ0n) is 9.66. The molecular weight excluding hydrogens is 254 g/mol. The molecule has 8 heteroatoms. The van der Waals surface area contributed by atoms with E-state index in [0.29, 0.717) is 19.0 Å². The van der Waals surface area contributed by atoms with E-state index < -0.39 is 5.91 Å². The molecule has 0 radical (unpaired) electrons. The number of carbonyl (C=O) groups excluding carboxylic acids is 1. The molecule has 0 aromatic carbocycles. The molecule has 0 fully saturated rings. The Morgan fingerprint density at radius 3 is 3.00 bits per heavy atom. The van der Waals surface area contributed by atoms with Crippen LogP contribution in [0.3, 0.4) is 0 Å². The lowest BCUT2D eigenvalue weighted by molar-refractivity contribution is 0.0993. The first-order valence-electron chi connectivity index (χ1n) is 5.46. The average molecular weight is 263 g/mol. The van der Waals surface area contributed by atoms with Crippen LogP contribution in [0.1, 0.15) is 16.4 Å². The third-order valence-corrected chi connectivity index (χ3v) is 2.25. The molecule has 2 aromatic rings. The zero-order valence-corrected chi connectivity index (χ0v) is 9.66. The smallest absolute Gasteiger partial charge is 0.323 e. The second-order valence-corrected chi connectivity index (χ2v) is 3.55. The van der Waals surface area contributed by atoms with E-state index in [0.717, 1.165) is 0 Å². The number of ether oxygens (including phenoxy) is 2. The number of furan rings is 1. The van der Waals surface area contributed by atoms with E-state index in [4.69, 9.17) is 18.3 Å². The summed E-state index contributed by atoms with van der Waals surface area (Å²) in [7, 11) is 0. The predicted molar refractivity (Wildman–Crippen MR) is 60.8 cm³/mol. The van der Waals surface area contributed by atoms with Gasteiger partial charge >= 0.3 is 6.01 Å². The first-order chi connectivity index (χ1) is 9.33. The van der Waals surface area contributed by atoms with Crippen molar-refractivity contribution in [3.63, 3.8) is 0 Å². The average Bonchev–Trinajstić information content (AvgIpc) is 3.11. The van der Waals surface area contributed by atoms with Crippen LogP contribution in [-0.4, -0.2) is 29.3 Å². The largest absolute Gasteiger partial charge is 0.494 e. The fraction of sp³-hybridized carbons (Fsp3) is 0.182. The topological polar surface area (TPSA) is 99.6 Å². The quantitative estimate of drug-likeness (QED) is 0.889. The molecule has 0 saturated carbocycles. The van der Waals surface area contributed by atoms with Crippen LogP contribution in [0.2, 0.25) is 0 Å². The van der Waals surface area contributed by atoms with Crippen LogP contribution >= 0.6 is 0 Å². The maximum Gasteiger partial charge on any atom is 0.323 e. The van der Waals surface area contributed by atoms with Crippen LogP contribution in [0.5, 0.6) is 0 Å². The molecule has 8 nitrogen and oxygen atoms in total. The first kappa shape index (κ1) is 11.3. The lowest BCUT2D eigenvalue weighted by atomic mass is 10.4. The van der Waals surface area contributed by atoms with E-state index in [-0.39, 0.29) is 17.7 Å². The summed E-state index contributed by atoms with van der Waals surface area (Å²) in [6.45, 7) is 0.877. The molecule has 0 bridgehead atoms. The Morgan fingerprint density at radius 1 is 1.32 bits per heavy atom. The van der Waals surface area contributed by atoms with Crippen molar-refractivity contribution in [2.24, 2.45) is 0 Å². The van der Waals surface area contributed by atoms with Gasteiger partial charge in [0.1, 0.15) is 19.5 Å². The van der Waals surface area contributed by atoms with Gasteiger partial charge in [-0.15, -0.1) is 5.10 Å². The van der Waals surface area contributed by atoms with Gasteiger partial charge in [0.15, 0.2) is 5.76 Å². The van der Waals surface area contributed by atoms with E-state index in [1.54, 1.807) is 6.07 Å². The monoisotopic (exact) mass is 263 g/mol. The molecule has 1 N–H and O–H groups in total. The summed E-state index contributed by atoms with van der Waals surface area (Å²) in [4.78, 5) is 11.7. The standard InChI is InChI=1S/C11H9N3O5/c15-9(7-2-1-3-17-7)12-11-14-13-10(19-11)8-6-16-4-5-18-8/h1-3,6H,4-5H2,(H,12,14,15). The minimum Gasteiger partial charge on any atom is -0.494 e. The normalized spacial score (nSPS) is 14.2. The fourth-order valence-electron chi connectivity index (χ4n) is 1.42. The van der Waals surface area contributed by atoms with Gasteiger partial charge in [0, 0.05) is 0 Å². The highest BCUT2D eigenvalue weighted by atomic mass is 16.6. The summed E-state index contributed by atoms with van der Waals surface area (Å²) < 4.78 is 20.5. The van der Waals surface area contributed by atoms with Gasteiger partial charge in [-0.3, -0.25) is 10.1 Å². The van der Waals surface area contributed by atoms with Gasteiger partial charge < -0.3 is 18.3 Å². The van der Waals surface area contributed by atoms with Crippen molar-refractivity contribution in [1.82, 2.24) is 10.2 Å². The summed E-state index contributed by atoms with van der Waals surface area (Å²) in [5, 5.41) is 9.82. The Morgan fingerprint density at radius 2 is 2.26 bits per heavy atom. The third kappa shape index (κ3) is 2.41. The van der Waals surface area contributed by atoms with Gasteiger partial charge in [-0.2, -0.15) is 0 Å². The SMILES string of the molecule is O=C(Nc1nnc(C2=COCCO2)o1)c1ccco1. The van der Waals surface area contributed by atoms with Crippen LogP contribution < -0.4 is 5.32 Å². The van der Waals surface area contributed by atoms with E-state index in [1.807, 2.05) is 0 Å². The summed E-state index contributed by atoms with van der Waals surface area (Å²) in [5.74, 6) is 0.137. The number of amides is 1. The molecule has 1 aliphatic heterocycles. The number of nitrogens with one attached hydrogen (secondary N) is 1. The maximum absolute atomic E-state index is 11.7. The Bertz CT molecular complexity index is 602. The summed E-state index contributed by atoms with van der Waals surface area (Å²) in [5.41, 5.74) is 0. The molecule has 0 saturated heterocycles. The zero-order chi connectivity index (χ0) is 13.1. The van der Waals surface area contributed by atoms with E-state index in [9.17, 15) is 4.79 Å². The van der Waals surface area contributed by atoms with Crippen LogP contribution in [0.15, 0.2) is 33.5 Å².